The number of likely N-dealkylation sites (tertiary alicyclic amines) is 1. The Morgan fingerprint density at radius 1 is 1.19 bits per heavy atom. The van der Waals surface area contributed by atoms with Crippen molar-refractivity contribution < 1.29 is 19.2 Å². The molecule has 1 aliphatic heterocycles. The number of non-ortho nitro benzene ring substituents is 1. The van der Waals surface area contributed by atoms with Crippen LogP contribution in [0.5, 0.6) is 11.5 Å². The van der Waals surface area contributed by atoms with Gasteiger partial charge in [0, 0.05) is 37.2 Å². The lowest BCUT2D eigenvalue weighted by atomic mass is 9.99. The molecule has 7 heteroatoms. The van der Waals surface area contributed by atoms with Crippen LogP contribution in [0.4, 0.5) is 5.69 Å². The van der Waals surface area contributed by atoms with Crippen LogP contribution in [0.3, 0.4) is 0 Å². The van der Waals surface area contributed by atoms with E-state index in [1.165, 1.54) is 12.1 Å². The van der Waals surface area contributed by atoms with Crippen LogP contribution in [0.25, 0.3) is 11.1 Å². The van der Waals surface area contributed by atoms with Gasteiger partial charge in [-0.3, -0.25) is 14.9 Å². The molecule has 0 atom stereocenters. The van der Waals surface area contributed by atoms with Crippen LogP contribution in [0.2, 0.25) is 0 Å². The molecule has 136 valence electrons. The van der Waals surface area contributed by atoms with E-state index in [-0.39, 0.29) is 11.6 Å². The second-order valence-corrected chi connectivity index (χ2v) is 6.06. The summed E-state index contributed by atoms with van der Waals surface area (Å²) in [4.78, 5) is 24.4. The van der Waals surface area contributed by atoms with E-state index in [1.807, 2.05) is 6.07 Å². The lowest BCUT2D eigenvalue weighted by molar-refractivity contribution is -0.384. The molecule has 7 nitrogen and oxygen atoms in total. The molecular weight excluding hydrogens is 336 g/mol. The Bertz CT molecular complexity index is 850. The maximum Gasteiger partial charge on any atom is 0.270 e. The number of hydrogen-bond donors (Lipinski definition) is 0. The molecule has 0 aliphatic carbocycles. The highest BCUT2D eigenvalue weighted by atomic mass is 16.6. The Hall–Kier alpha value is -3.09. The van der Waals surface area contributed by atoms with Gasteiger partial charge in [0.2, 0.25) is 5.91 Å². The van der Waals surface area contributed by atoms with Crippen LogP contribution in [-0.2, 0) is 11.3 Å². The molecule has 0 N–H and O–H groups in total. The number of carbonyl (C=O) groups is 1. The van der Waals surface area contributed by atoms with Crippen LogP contribution in [0, 0.1) is 10.1 Å². The van der Waals surface area contributed by atoms with Gasteiger partial charge in [-0.1, -0.05) is 12.1 Å². The fourth-order valence-corrected chi connectivity index (χ4v) is 3.26. The summed E-state index contributed by atoms with van der Waals surface area (Å²) in [5.41, 5.74) is 2.10. The topological polar surface area (TPSA) is 81.9 Å². The van der Waals surface area contributed by atoms with Gasteiger partial charge in [-0.2, -0.15) is 0 Å². The number of ether oxygens (including phenoxy) is 2. The molecule has 0 spiro atoms. The van der Waals surface area contributed by atoms with Crippen molar-refractivity contribution in [2.45, 2.75) is 19.4 Å². The van der Waals surface area contributed by atoms with Gasteiger partial charge >= 0.3 is 0 Å². The second kappa shape index (κ2) is 7.43. The van der Waals surface area contributed by atoms with Gasteiger partial charge in [0.15, 0.2) is 0 Å². The van der Waals surface area contributed by atoms with Gasteiger partial charge in [-0.05, 0) is 24.1 Å². The Morgan fingerprint density at radius 3 is 2.62 bits per heavy atom. The van der Waals surface area contributed by atoms with Crippen molar-refractivity contribution >= 4 is 11.6 Å². The quantitative estimate of drug-likeness (QED) is 0.585. The van der Waals surface area contributed by atoms with E-state index in [4.69, 9.17) is 9.47 Å². The molecular formula is C19H20N2O5. The summed E-state index contributed by atoms with van der Waals surface area (Å²) >= 11 is 0. The molecule has 26 heavy (non-hydrogen) atoms. The number of rotatable bonds is 6. The van der Waals surface area contributed by atoms with Crippen molar-refractivity contribution in [3.8, 4) is 22.6 Å². The van der Waals surface area contributed by atoms with E-state index in [1.54, 1.807) is 37.3 Å². The fraction of sp³-hybridized carbons (Fsp3) is 0.316. The molecule has 2 aromatic rings. The number of nitro groups is 1. The number of amides is 1. The van der Waals surface area contributed by atoms with Crippen LogP contribution in [0.1, 0.15) is 18.4 Å². The highest BCUT2D eigenvalue weighted by molar-refractivity contribution is 5.81. The minimum Gasteiger partial charge on any atom is -0.496 e. The maximum absolute atomic E-state index is 12.0. The number of benzene rings is 2. The van der Waals surface area contributed by atoms with Gasteiger partial charge in [0.25, 0.3) is 5.69 Å². The highest BCUT2D eigenvalue weighted by Gasteiger charge is 2.24. The molecule has 0 radical (unpaired) electrons. The molecule has 2 aromatic carbocycles. The number of nitrogens with zero attached hydrogens (tertiary/aromatic N) is 2. The number of nitro benzene ring substituents is 1. The molecule has 0 unspecified atom stereocenters. The summed E-state index contributed by atoms with van der Waals surface area (Å²) in [6, 6.07) is 10.00. The normalized spacial score (nSPS) is 13.8. The van der Waals surface area contributed by atoms with Crippen molar-refractivity contribution in [2.75, 3.05) is 20.8 Å². The predicted molar refractivity (Wildman–Crippen MR) is 96.3 cm³/mol. The van der Waals surface area contributed by atoms with Crippen molar-refractivity contribution in [3.05, 3.63) is 52.1 Å². The Kier molecular flexibility index (Phi) is 5.06. The summed E-state index contributed by atoms with van der Waals surface area (Å²) in [5, 5.41) is 11.1. The first-order valence-corrected chi connectivity index (χ1v) is 8.31. The van der Waals surface area contributed by atoms with E-state index >= 15 is 0 Å². The fourth-order valence-electron chi connectivity index (χ4n) is 3.26. The van der Waals surface area contributed by atoms with E-state index in [0.29, 0.717) is 35.6 Å². The van der Waals surface area contributed by atoms with Crippen molar-refractivity contribution in [1.29, 1.82) is 0 Å². The average molecular weight is 356 g/mol. The monoisotopic (exact) mass is 356 g/mol. The predicted octanol–water partition coefficient (Wildman–Crippen LogP) is 3.40. The number of hydrogen-bond acceptors (Lipinski definition) is 5. The standard InChI is InChI=1S/C19H20N2O5/c1-25-16-9-8-14(12-20-10-4-7-17(20)22)19(26-2)18(16)13-5-3-6-15(11-13)21(23)24/h3,5-6,8-9,11H,4,7,10,12H2,1-2H3. The minimum absolute atomic E-state index is 0.00766. The summed E-state index contributed by atoms with van der Waals surface area (Å²) in [7, 11) is 3.09. The molecule has 1 aliphatic rings. The first-order chi connectivity index (χ1) is 12.5. The highest BCUT2D eigenvalue weighted by Crippen LogP contribution is 2.42. The summed E-state index contributed by atoms with van der Waals surface area (Å²) in [5.74, 6) is 1.24. The molecule has 3 rings (SSSR count). The molecule has 0 bridgehead atoms. The summed E-state index contributed by atoms with van der Waals surface area (Å²) in [6.07, 6.45) is 1.42. The van der Waals surface area contributed by atoms with Gasteiger partial charge in [-0.25, -0.2) is 0 Å². The van der Waals surface area contributed by atoms with E-state index < -0.39 is 4.92 Å². The lowest BCUT2D eigenvalue weighted by Crippen LogP contribution is -2.24. The zero-order chi connectivity index (χ0) is 18.7. The smallest absolute Gasteiger partial charge is 0.270 e. The molecule has 1 heterocycles. The van der Waals surface area contributed by atoms with Crippen molar-refractivity contribution in [3.63, 3.8) is 0 Å². The SMILES string of the molecule is COc1ccc(CN2CCCC2=O)c(OC)c1-c1cccc([N+](=O)[O-])c1. The molecule has 1 saturated heterocycles. The number of methoxy groups -OCH3 is 2. The Balaban J connectivity index is 2.10. The third-order valence-electron chi connectivity index (χ3n) is 4.50. The van der Waals surface area contributed by atoms with Gasteiger partial charge in [0.1, 0.15) is 11.5 Å². The average Bonchev–Trinajstić information content (AvgIpc) is 3.06. The van der Waals surface area contributed by atoms with E-state index in [2.05, 4.69) is 0 Å². The Labute approximate surface area is 151 Å². The minimum atomic E-state index is -0.435. The largest absolute Gasteiger partial charge is 0.496 e. The zero-order valence-corrected chi connectivity index (χ0v) is 14.7. The summed E-state index contributed by atoms with van der Waals surface area (Å²) < 4.78 is 11.1. The van der Waals surface area contributed by atoms with Gasteiger partial charge < -0.3 is 14.4 Å². The van der Waals surface area contributed by atoms with Crippen LogP contribution in [0.15, 0.2) is 36.4 Å². The summed E-state index contributed by atoms with van der Waals surface area (Å²) in [6.45, 7) is 1.16. The first kappa shape index (κ1) is 17.7. The van der Waals surface area contributed by atoms with Gasteiger partial charge in [-0.15, -0.1) is 0 Å². The van der Waals surface area contributed by atoms with Crippen LogP contribution < -0.4 is 9.47 Å². The first-order valence-electron chi connectivity index (χ1n) is 8.31. The molecule has 1 fully saturated rings. The third kappa shape index (κ3) is 3.33. The molecule has 1 amide bonds. The van der Waals surface area contributed by atoms with E-state index in [0.717, 1.165) is 18.5 Å². The van der Waals surface area contributed by atoms with Crippen molar-refractivity contribution in [1.82, 2.24) is 4.90 Å². The van der Waals surface area contributed by atoms with Crippen LogP contribution in [-0.4, -0.2) is 36.5 Å². The zero-order valence-electron chi connectivity index (χ0n) is 14.7. The van der Waals surface area contributed by atoms with Crippen molar-refractivity contribution in [2.24, 2.45) is 0 Å². The third-order valence-corrected chi connectivity index (χ3v) is 4.50. The molecule has 0 aromatic heterocycles. The Morgan fingerprint density at radius 2 is 2.00 bits per heavy atom. The van der Waals surface area contributed by atoms with Crippen LogP contribution >= 0.6 is 0 Å². The number of carbonyl (C=O) groups excluding carboxylic acids is 1. The van der Waals surface area contributed by atoms with Gasteiger partial charge in [0.05, 0.1) is 24.7 Å². The maximum atomic E-state index is 12.0. The second-order valence-electron chi connectivity index (χ2n) is 6.06. The van der Waals surface area contributed by atoms with E-state index in [9.17, 15) is 14.9 Å². The molecule has 0 saturated carbocycles. The lowest BCUT2D eigenvalue weighted by Gasteiger charge is -2.21.